The van der Waals surface area contributed by atoms with Crippen LogP contribution in [0, 0.1) is 0 Å². The Kier molecular flexibility index (Phi) is 5.41. The topological polar surface area (TPSA) is 83.6 Å². The number of benzene rings is 1. The minimum absolute atomic E-state index is 0.144. The van der Waals surface area contributed by atoms with Gasteiger partial charge in [0.05, 0.1) is 12.3 Å². The maximum atomic E-state index is 12.4. The molecule has 0 heterocycles. The summed E-state index contributed by atoms with van der Waals surface area (Å²) in [6.07, 6.45) is -4.72. The summed E-state index contributed by atoms with van der Waals surface area (Å²) in [4.78, 5) is -0.440. The number of hydrogen-bond donors (Lipinski definition) is 2. The van der Waals surface area contributed by atoms with Gasteiger partial charge >= 0.3 is 6.18 Å². The molecule has 0 saturated carbocycles. The first-order chi connectivity index (χ1) is 9.08. The van der Waals surface area contributed by atoms with Gasteiger partial charge in [-0.2, -0.15) is 17.5 Å². The molecule has 1 rings (SSSR count). The monoisotopic (exact) mass is 376 g/mol. The lowest BCUT2D eigenvalue weighted by atomic mass is 10.3. The fraction of sp³-hybridized carbons (Fsp3) is 0.400. The first-order valence-corrected chi connectivity index (χ1v) is 7.54. The Bertz CT molecular complexity index is 578. The fourth-order valence-electron chi connectivity index (χ4n) is 1.47. The van der Waals surface area contributed by atoms with Crippen LogP contribution in [-0.2, 0) is 10.0 Å². The van der Waals surface area contributed by atoms with Crippen molar-refractivity contribution >= 4 is 31.6 Å². The molecule has 0 fully saturated rings. The fourth-order valence-corrected chi connectivity index (χ4v) is 3.54. The van der Waals surface area contributed by atoms with E-state index in [0.29, 0.717) is 4.47 Å². The van der Waals surface area contributed by atoms with E-state index < -0.39 is 40.8 Å². The minimum atomic E-state index is -4.72. The molecule has 0 aliphatic heterocycles. The molecule has 114 valence electrons. The lowest BCUT2D eigenvalue weighted by Crippen LogP contribution is -2.40. The molecule has 0 aliphatic rings. The van der Waals surface area contributed by atoms with Crippen LogP contribution in [0.2, 0.25) is 0 Å². The van der Waals surface area contributed by atoms with Crippen LogP contribution in [-0.4, -0.2) is 43.7 Å². The molecule has 0 saturated heterocycles. The van der Waals surface area contributed by atoms with Crippen LogP contribution >= 0.6 is 15.9 Å². The largest absolute Gasteiger partial charge is 0.402 e. The average molecular weight is 377 g/mol. The van der Waals surface area contributed by atoms with Gasteiger partial charge in [0, 0.05) is 11.0 Å². The van der Waals surface area contributed by atoms with Crippen LogP contribution in [0.5, 0.6) is 0 Å². The summed E-state index contributed by atoms with van der Waals surface area (Å²) in [5.41, 5.74) is 5.33. The van der Waals surface area contributed by atoms with Gasteiger partial charge in [0.2, 0.25) is 10.0 Å². The predicted molar refractivity (Wildman–Crippen MR) is 70.5 cm³/mol. The number of nitrogens with zero attached hydrogens (tertiary/aromatic N) is 1. The van der Waals surface area contributed by atoms with Gasteiger partial charge in [0.1, 0.15) is 11.4 Å². The molecule has 0 radical (unpaired) electrons. The molecule has 0 atom stereocenters. The minimum Gasteiger partial charge on any atom is -0.398 e. The zero-order valence-electron chi connectivity index (χ0n) is 10.1. The second kappa shape index (κ2) is 6.29. The molecule has 5 nitrogen and oxygen atoms in total. The Balaban J connectivity index is 3.26. The SMILES string of the molecule is Nc1ccc(Br)cc1S(=O)(=O)N(CCO)CC(F)(F)F. The van der Waals surface area contributed by atoms with E-state index in [2.05, 4.69) is 15.9 Å². The highest BCUT2D eigenvalue weighted by Gasteiger charge is 2.37. The summed E-state index contributed by atoms with van der Waals surface area (Å²) < 4.78 is 62.2. The number of anilines is 1. The van der Waals surface area contributed by atoms with Crippen molar-refractivity contribution in [3.63, 3.8) is 0 Å². The summed E-state index contributed by atoms with van der Waals surface area (Å²) in [6, 6.07) is 3.85. The van der Waals surface area contributed by atoms with Crippen LogP contribution in [0.3, 0.4) is 0 Å². The molecule has 20 heavy (non-hydrogen) atoms. The van der Waals surface area contributed by atoms with Gasteiger partial charge in [-0.05, 0) is 18.2 Å². The molecule has 0 bridgehead atoms. The quantitative estimate of drug-likeness (QED) is 0.764. The van der Waals surface area contributed by atoms with Crippen molar-refractivity contribution in [3.05, 3.63) is 22.7 Å². The highest BCUT2D eigenvalue weighted by atomic mass is 79.9. The van der Waals surface area contributed by atoms with Crippen molar-refractivity contribution in [3.8, 4) is 0 Å². The van der Waals surface area contributed by atoms with Crippen LogP contribution < -0.4 is 5.73 Å². The zero-order valence-corrected chi connectivity index (χ0v) is 12.5. The Labute approximate surface area is 122 Å². The van der Waals surface area contributed by atoms with E-state index >= 15 is 0 Å². The molecule has 0 unspecified atom stereocenters. The summed E-state index contributed by atoms with van der Waals surface area (Å²) >= 11 is 3.03. The van der Waals surface area contributed by atoms with Crippen molar-refractivity contribution in [1.29, 1.82) is 0 Å². The molecular weight excluding hydrogens is 365 g/mol. The van der Waals surface area contributed by atoms with Crippen molar-refractivity contribution in [2.75, 3.05) is 25.4 Å². The Hall–Kier alpha value is -0.840. The summed E-state index contributed by atoms with van der Waals surface area (Å²) in [6.45, 7) is -3.10. The zero-order chi connectivity index (χ0) is 15.6. The smallest absolute Gasteiger partial charge is 0.398 e. The van der Waals surface area contributed by atoms with E-state index in [1.165, 1.54) is 12.1 Å². The van der Waals surface area contributed by atoms with Gasteiger partial charge in [0.25, 0.3) is 0 Å². The number of aliphatic hydroxyl groups is 1. The maximum Gasteiger partial charge on any atom is 0.402 e. The molecular formula is C10H12BrF3N2O3S. The highest BCUT2D eigenvalue weighted by Crippen LogP contribution is 2.28. The molecule has 0 spiro atoms. The number of nitrogen functional groups attached to an aromatic ring is 1. The first kappa shape index (κ1) is 17.2. The second-order valence-corrected chi connectivity index (χ2v) is 6.68. The van der Waals surface area contributed by atoms with Gasteiger partial charge in [-0.25, -0.2) is 8.42 Å². The van der Waals surface area contributed by atoms with E-state index in [-0.39, 0.29) is 9.99 Å². The molecule has 0 aromatic heterocycles. The predicted octanol–water partition coefficient (Wildman–Crippen LogP) is 1.58. The summed E-state index contributed by atoms with van der Waals surface area (Å²) in [7, 11) is -4.45. The molecule has 0 amide bonds. The third-order valence-corrected chi connectivity index (χ3v) is 4.69. The average Bonchev–Trinajstić information content (AvgIpc) is 2.30. The van der Waals surface area contributed by atoms with E-state index in [1.807, 2.05) is 0 Å². The number of aliphatic hydroxyl groups excluding tert-OH is 1. The molecule has 1 aromatic rings. The number of halogens is 4. The standard InChI is InChI=1S/C10H12BrF3N2O3S/c11-7-1-2-8(15)9(5-7)20(18,19)16(3-4-17)6-10(12,13)14/h1-2,5,17H,3-4,6,15H2. The number of nitrogens with two attached hydrogens (primary N) is 1. The van der Waals surface area contributed by atoms with Gasteiger partial charge in [-0.1, -0.05) is 15.9 Å². The van der Waals surface area contributed by atoms with Crippen LogP contribution in [0.25, 0.3) is 0 Å². The maximum absolute atomic E-state index is 12.4. The van der Waals surface area contributed by atoms with E-state index in [4.69, 9.17) is 10.8 Å². The van der Waals surface area contributed by atoms with Crippen molar-refractivity contribution in [2.45, 2.75) is 11.1 Å². The van der Waals surface area contributed by atoms with Crippen molar-refractivity contribution in [1.82, 2.24) is 4.31 Å². The van der Waals surface area contributed by atoms with E-state index in [0.717, 1.165) is 6.07 Å². The van der Waals surface area contributed by atoms with Gasteiger partial charge in [-0.15, -0.1) is 0 Å². The highest BCUT2D eigenvalue weighted by molar-refractivity contribution is 9.10. The van der Waals surface area contributed by atoms with Crippen LogP contribution in [0.15, 0.2) is 27.6 Å². The van der Waals surface area contributed by atoms with Crippen molar-refractivity contribution in [2.24, 2.45) is 0 Å². The number of alkyl halides is 3. The first-order valence-electron chi connectivity index (χ1n) is 5.30. The summed E-state index contributed by atoms with van der Waals surface area (Å²) in [5.74, 6) is 0. The lowest BCUT2D eigenvalue weighted by Gasteiger charge is -2.23. The Morgan fingerprint density at radius 1 is 1.35 bits per heavy atom. The third-order valence-electron chi connectivity index (χ3n) is 2.30. The third kappa shape index (κ3) is 4.33. The van der Waals surface area contributed by atoms with Gasteiger partial charge in [0.15, 0.2) is 0 Å². The van der Waals surface area contributed by atoms with Gasteiger partial charge in [-0.3, -0.25) is 0 Å². The Morgan fingerprint density at radius 3 is 2.45 bits per heavy atom. The van der Waals surface area contributed by atoms with Gasteiger partial charge < -0.3 is 10.8 Å². The molecule has 3 N–H and O–H groups in total. The second-order valence-electron chi connectivity index (χ2n) is 3.86. The van der Waals surface area contributed by atoms with Crippen LogP contribution in [0.1, 0.15) is 0 Å². The van der Waals surface area contributed by atoms with Crippen LogP contribution in [0.4, 0.5) is 18.9 Å². The lowest BCUT2D eigenvalue weighted by molar-refractivity contribution is -0.136. The summed E-state index contributed by atoms with van der Waals surface area (Å²) in [5, 5.41) is 8.75. The number of rotatable bonds is 5. The van der Waals surface area contributed by atoms with Crippen molar-refractivity contribution < 1.29 is 26.7 Å². The molecule has 1 aromatic carbocycles. The normalized spacial score (nSPS) is 12.9. The molecule has 10 heteroatoms. The van der Waals surface area contributed by atoms with E-state index in [1.54, 1.807) is 0 Å². The number of sulfonamides is 1. The number of hydrogen-bond acceptors (Lipinski definition) is 4. The molecule has 0 aliphatic carbocycles. The van der Waals surface area contributed by atoms with E-state index in [9.17, 15) is 21.6 Å². The Morgan fingerprint density at radius 2 is 1.95 bits per heavy atom.